The Kier molecular flexibility index (Phi) is 2.51. The van der Waals surface area contributed by atoms with Crippen LogP contribution >= 0.6 is 0 Å². The lowest BCUT2D eigenvalue weighted by atomic mass is 10.1. The summed E-state index contributed by atoms with van der Waals surface area (Å²) in [6, 6.07) is 6.89. The Morgan fingerprint density at radius 1 is 1.53 bits per heavy atom. The number of carbonyl (C=O) groups is 1. The van der Waals surface area contributed by atoms with Gasteiger partial charge in [-0.2, -0.15) is 0 Å². The standard InChI is InChI=1S/C11H12N2O2/c12-9(11(14)15)5-7-6-13-10-4-2-1-3-8(7)10/h1-4,9H,5-6,12H2,(H,14,15). The number of rotatable bonds is 3. The molecule has 0 spiro atoms. The van der Waals surface area contributed by atoms with Crippen molar-refractivity contribution in [1.82, 2.24) is 0 Å². The molecule has 0 bridgehead atoms. The molecule has 0 aliphatic carbocycles. The first kappa shape index (κ1) is 9.86. The lowest BCUT2D eigenvalue weighted by Crippen LogP contribution is -2.32. The van der Waals surface area contributed by atoms with Gasteiger partial charge in [0.25, 0.3) is 0 Å². The number of carboxylic acid groups (broad SMARTS) is 1. The van der Waals surface area contributed by atoms with Crippen molar-refractivity contribution in [2.24, 2.45) is 10.7 Å². The third-order valence-corrected chi connectivity index (χ3v) is 2.51. The molecule has 1 atom stereocenters. The van der Waals surface area contributed by atoms with Crippen LogP contribution in [-0.4, -0.2) is 23.7 Å². The van der Waals surface area contributed by atoms with E-state index in [2.05, 4.69) is 4.99 Å². The molecule has 15 heavy (non-hydrogen) atoms. The third-order valence-electron chi connectivity index (χ3n) is 2.51. The summed E-state index contributed by atoms with van der Waals surface area (Å²) in [6.07, 6.45) is 0.371. The molecule has 1 aliphatic rings. The molecule has 0 aromatic heterocycles. The number of nitrogens with zero attached hydrogens (tertiary/aromatic N) is 1. The predicted molar refractivity (Wildman–Crippen MR) is 55.7 cm³/mol. The molecule has 0 saturated carbocycles. The molecular weight excluding hydrogens is 192 g/mol. The summed E-state index contributed by atoms with van der Waals surface area (Å²) in [5.41, 5.74) is 6.51. The number of aliphatic carboxylic acids is 1. The van der Waals surface area contributed by atoms with Gasteiger partial charge in [0.2, 0.25) is 0 Å². The predicted octanol–water partition coefficient (Wildman–Crippen LogP) is -0.728. The fraction of sp³-hybridized carbons (Fsp3) is 0.273. The van der Waals surface area contributed by atoms with Gasteiger partial charge in [0.1, 0.15) is 6.04 Å². The minimum absolute atomic E-state index is 0.371. The summed E-state index contributed by atoms with van der Waals surface area (Å²) in [4.78, 5) is 14.9. The maximum absolute atomic E-state index is 10.6. The molecule has 1 aliphatic heterocycles. The van der Waals surface area contributed by atoms with Crippen LogP contribution in [0.1, 0.15) is 6.42 Å². The quantitative estimate of drug-likeness (QED) is 0.681. The van der Waals surface area contributed by atoms with Crippen LogP contribution in [0, 0.1) is 0 Å². The summed E-state index contributed by atoms with van der Waals surface area (Å²) < 4.78 is 0. The lowest BCUT2D eigenvalue weighted by Gasteiger charge is -2.05. The summed E-state index contributed by atoms with van der Waals surface area (Å²) >= 11 is 0. The van der Waals surface area contributed by atoms with E-state index in [4.69, 9.17) is 10.8 Å². The van der Waals surface area contributed by atoms with Crippen molar-refractivity contribution in [2.45, 2.75) is 12.5 Å². The normalized spacial score (nSPS) is 15.7. The zero-order valence-electron chi connectivity index (χ0n) is 8.18. The average molecular weight is 204 g/mol. The molecule has 0 fully saturated rings. The molecule has 4 nitrogen and oxygen atoms in total. The summed E-state index contributed by atoms with van der Waals surface area (Å²) in [6.45, 7) is 0.570. The third kappa shape index (κ3) is 1.89. The van der Waals surface area contributed by atoms with Crippen LogP contribution in [-0.2, 0) is 4.79 Å². The second kappa shape index (κ2) is 3.82. The molecule has 4 heteroatoms. The first-order chi connectivity index (χ1) is 7.18. The van der Waals surface area contributed by atoms with E-state index in [0.29, 0.717) is 13.0 Å². The number of carboxylic acids is 1. The smallest absolute Gasteiger partial charge is 0.320 e. The number of hydrogen-bond acceptors (Lipinski definition) is 3. The Morgan fingerprint density at radius 3 is 3.00 bits per heavy atom. The highest BCUT2D eigenvalue weighted by molar-refractivity contribution is 5.75. The molecule has 0 saturated heterocycles. The van der Waals surface area contributed by atoms with E-state index < -0.39 is 12.0 Å². The molecule has 1 aromatic rings. The van der Waals surface area contributed by atoms with Crippen LogP contribution in [0.4, 0.5) is 0 Å². The SMILES string of the molecule is NC(CC1=c2ccccc2=NC1)C(=O)O. The Labute approximate surface area is 86.8 Å². The summed E-state index contributed by atoms with van der Waals surface area (Å²) in [7, 11) is 0. The molecule has 1 aromatic carbocycles. The van der Waals surface area contributed by atoms with E-state index in [1.54, 1.807) is 0 Å². The van der Waals surface area contributed by atoms with Crippen molar-refractivity contribution >= 4 is 11.5 Å². The summed E-state index contributed by atoms with van der Waals surface area (Å²) in [5, 5.41) is 10.7. The van der Waals surface area contributed by atoms with Crippen molar-refractivity contribution in [2.75, 3.05) is 6.54 Å². The first-order valence-corrected chi connectivity index (χ1v) is 4.78. The molecule has 1 heterocycles. The fourth-order valence-electron chi connectivity index (χ4n) is 1.70. The van der Waals surface area contributed by atoms with Crippen LogP contribution in [0.2, 0.25) is 0 Å². The molecule has 0 amide bonds. The van der Waals surface area contributed by atoms with E-state index in [0.717, 1.165) is 16.1 Å². The molecule has 1 unspecified atom stereocenters. The van der Waals surface area contributed by atoms with Gasteiger partial charge in [-0.25, -0.2) is 0 Å². The summed E-state index contributed by atoms with van der Waals surface area (Å²) in [5.74, 6) is -0.966. The van der Waals surface area contributed by atoms with Gasteiger partial charge in [-0.05, 0) is 18.1 Å². The molecular formula is C11H12N2O2. The zero-order valence-corrected chi connectivity index (χ0v) is 8.18. The Bertz CT molecular complexity index is 508. The minimum Gasteiger partial charge on any atom is -0.480 e. The second-order valence-corrected chi connectivity index (χ2v) is 3.59. The van der Waals surface area contributed by atoms with Crippen molar-refractivity contribution in [3.05, 3.63) is 34.8 Å². The van der Waals surface area contributed by atoms with Gasteiger partial charge in [0, 0.05) is 5.22 Å². The van der Waals surface area contributed by atoms with E-state index in [9.17, 15) is 4.79 Å². The monoisotopic (exact) mass is 204 g/mol. The molecule has 3 N–H and O–H groups in total. The number of para-hydroxylation sites is 1. The van der Waals surface area contributed by atoms with Gasteiger partial charge >= 0.3 is 5.97 Å². The van der Waals surface area contributed by atoms with Crippen LogP contribution < -0.4 is 16.3 Å². The van der Waals surface area contributed by atoms with Crippen molar-refractivity contribution in [3.63, 3.8) is 0 Å². The molecule has 2 rings (SSSR count). The van der Waals surface area contributed by atoms with Gasteiger partial charge in [-0.15, -0.1) is 0 Å². The highest BCUT2D eigenvalue weighted by Crippen LogP contribution is 2.06. The minimum atomic E-state index is -0.966. The van der Waals surface area contributed by atoms with Crippen LogP contribution in [0.3, 0.4) is 0 Å². The maximum Gasteiger partial charge on any atom is 0.320 e. The van der Waals surface area contributed by atoms with Crippen molar-refractivity contribution in [3.8, 4) is 0 Å². The Hall–Kier alpha value is -1.68. The van der Waals surface area contributed by atoms with E-state index in [1.807, 2.05) is 24.3 Å². The Morgan fingerprint density at radius 2 is 2.27 bits per heavy atom. The van der Waals surface area contributed by atoms with Gasteiger partial charge in [0.05, 0.1) is 11.9 Å². The maximum atomic E-state index is 10.6. The van der Waals surface area contributed by atoms with Crippen molar-refractivity contribution < 1.29 is 9.90 Å². The first-order valence-electron chi connectivity index (χ1n) is 4.78. The van der Waals surface area contributed by atoms with Gasteiger partial charge in [0.15, 0.2) is 0 Å². The molecule has 0 radical (unpaired) electrons. The van der Waals surface area contributed by atoms with Crippen LogP contribution in [0.15, 0.2) is 29.3 Å². The number of benzene rings is 1. The number of nitrogens with two attached hydrogens (primary N) is 1. The van der Waals surface area contributed by atoms with Crippen LogP contribution in [0.5, 0.6) is 0 Å². The zero-order chi connectivity index (χ0) is 10.8. The van der Waals surface area contributed by atoms with Gasteiger partial charge in [-0.3, -0.25) is 9.79 Å². The fourth-order valence-corrected chi connectivity index (χ4v) is 1.70. The number of hydrogen-bond donors (Lipinski definition) is 2. The van der Waals surface area contributed by atoms with E-state index in [1.165, 1.54) is 0 Å². The van der Waals surface area contributed by atoms with Gasteiger partial charge in [-0.1, -0.05) is 18.2 Å². The Balaban J connectivity index is 2.34. The van der Waals surface area contributed by atoms with E-state index in [-0.39, 0.29) is 0 Å². The topological polar surface area (TPSA) is 75.7 Å². The highest BCUT2D eigenvalue weighted by Gasteiger charge is 2.15. The highest BCUT2D eigenvalue weighted by atomic mass is 16.4. The number of fused-ring (bicyclic) bond motifs is 1. The molecule has 78 valence electrons. The average Bonchev–Trinajstić information content (AvgIpc) is 2.62. The second-order valence-electron chi connectivity index (χ2n) is 3.59. The lowest BCUT2D eigenvalue weighted by molar-refractivity contribution is -0.138. The van der Waals surface area contributed by atoms with Crippen LogP contribution in [0.25, 0.3) is 5.57 Å². The van der Waals surface area contributed by atoms with Gasteiger partial charge < -0.3 is 10.8 Å². The van der Waals surface area contributed by atoms with E-state index >= 15 is 0 Å². The van der Waals surface area contributed by atoms with Crippen molar-refractivity contribution in [1.29, 1.82) is 0 Å². The largest absolute Gasteiger partial charge is 0.480 e.